The van der Waals surface area contributed by atoms with Crippen LogP contribution in [0, 0.1) is 11.3 Å². The van der Waals surface area contributed by atoms with Crippen LogP contribution < -0.4 is 15.4 Å². The van der Waals surface area contributed by atoms with E-state index in [1.54, 1.807) is 13.2 Å². The summed E-state index contributed by atoms with van der Waals surface area (Å²) >= 11 is 0. The average Bonchev–Trinajstić information content (AvgIpc) is 2.92. The molecule has 0 unspecified atom stereocenters. The summed E-state index contributed by atoms with van der Waals surface area (Å²) in [7, 11) is 1.65. The number of methoxy groups -OCH3 is 1. The largest absolute Gasteiger partial charge is 0.496 e. The lowest BCUT2D eigenvalue weighted by Gasteiger charge is -2.21. The Morgan fingerprint density at radius 1 is 1.33 bits per heavy atom. The number of hydrogen-bond donors (Lipinski definition) is 1. The van der Waals surface area contributed by atoms with Gasteiger partial charge in [-0.3, -0.25) is 0 Å². The Hall–Kier alpha value is -2.67. The Morgan fingerprint density at radius 2 is 2.19 bits per heavy atom. The molecule has 0 bridgehead atoms. The van der Waals surface area contributed by atoms with Crippen LogP contribution in [0.1, 0.15) is 16.7 Å². The maximum Gasteiger partial charge on any atom is 0.123 e. The first-order valence-corrected chi connectivity index (χ1v) is 6.92. The summed E-state index contributed by atoms with van der Waals surface area (Å²) in [6.07, 6.45) is 0.961. The molecule has 1 aliphatic heterocycles. The molecule has 0 radical (unpaired) electrons. The summed E-state index contributed by atoms with van der Waals surface area (Å²) in [4.78, 5) is 2.28. The SMILES string of the molecule is COc1ccc(C#N)cc1CN1CCc2c(N)cccc21. The molecule has 0 saturated carbocycles. The zero-order chi connectivity index (χ0) is 14.8. The van der Waals surface area contributed by atoms with Crippen molar-refractivity contribution in [1.82, 2.24) is 0 Å². The number of benzene rings is 2. The molecule has 0 fully saturated rings. The van der Waals surface area contributed by atoms with E-state index in [2.05, 4.69) is 17.0 Å². The molecule has 2 aromatic carbocycles. The van der Waals surface area contributed by atoms with Crippen LogP contribution in [-0.2, 0) is 13.0 Å². The van der Waals surface area contributed by atoms with Crippen LogP contribution in [-0.4, -0.2) is 13.7 Å². The van der Waals surface area contributed by atoms with E-state index in [0.717, 1.165) is 36.5 Å². The summed E-state index contributed by atoms with van der Waals surface area (Å²) in [5, 5.41) is 9.06. The minimum atomic E-state index is 0.651. The summed E-state index contributed by atoms with van der Waals surface area (Å²) in [5.41, 5.74) is 11.0. The number of rotatable bonds is 3. The Bertz CT molecular complexity index is 718. The number of nitriles is 1. The Kier molecular flexibility index (Phi) is 3.41. The highest BCUT2D eigenvalue weighted by Crippen LogP contribution is 2.34. The maximum absolute atomic E-state index is 9.06. The van der Waals surface area contributed by atoms with Crippen LogP contribution in [0.4, 0.5) is 11.4 Å². The molecule has 0 aliphatic carbocycles. The molecular weight excluding hydrogens is 262 g/mol. The van der Waals surface area contributed by atoms with Crippen molar-refractivity contribution in [3.63, 3.8) is 0 Å². The standard InChI is InChI=1S/C17H17N3O/c1-21-17-6-5-12(10-18)9-13(17)11-20-8-7-14-15(19)3-2-4-16(14)20/h2-6,9H,7-8,11,19H2,1H3. The molecule has 0 aromatic heterocycles. The number of hydrogen-bond acceptors (Lipinski definition) is 4. The van der Waals surface area contributed by atoms with E-state index < -0.39 is 0 Å². The van der Waals surface area contributed by atoms with Crippen molar-refractivity contribution in [2.24, 2.45) is 0 Å². The summed E-state index contributed by atoms with van der Waals surface area (Å²) in [6, 6.07) is 13.7. The van der Waals surface area contributed by atoms with E-state index >= 15 is 0 Å². The Balaban J connectivity index is 1.93. The highest BCUT2D eigenvalue weighted by atomic mass is 16.5. The van der Waals surface area contributed by atoms with Gasteiger partial charge in [-0.25, -0.2) is 0 Å². The molecule has 2 N–H and O–H groups in total. The number of ether oxygens (including phenoxy) is 1. The normalized spacial score (nSPS) is 12.9. The monoisotopic (exact) mass is 279 g/mol. The van der Waals surface area contributed by atoms with Gasteiger partial charge in [0, 0.05) is 35.6 Å². The second kappa shape index (κ2) is 5.37. The lowest BCUT2D eigenvalue weighted by molar-refractivity contribution is 0.409. The van der Waals surface area contributed by atoms with Crippen molar-refractivity contribution in [2.75, 3.05) is 24.3 Å². The van der Waals surface area contributed by atoms with Gasteiger partial charge >= 0.3 is 0 Å². The molecule has 21 heavy (non-hydrogen) atoms. The maximum atomic E-state index is 9.06. The molecule has 1 heterocycles. The van der Waals surface area contributed by atoms with Gasteiger partial charge in [-0.2, -0.15) is 5.26 Å². The molecule has 2 aromatic rings. The summed E-state index contributed by atoms with van der Waals surface area (Å²) in [6.45, 7) is 1.65. The first-order valence-electron chi connectivity index (χ1n) is 6.92. The third kappa shape index (κ3) is 2.38. The predicted molar refractivity (Wildman–Crippen MR) is 83.3 cm³/mol. The smallest absolute Gasteiger partial charge is 0.123 e. The lowest BCUT2D eigenvalue weighted by atomic mass is 10.1. The second-order valence-electron chi connectivity index (χ2n) is 5.15. The highest BCUT2D eigenvalue weighted by molar-refractivity contribution is 5.68. The minimum absolute atomic E-state index is 0.651. The van der Waals surface area contributed by atoms with Crippen LogP contribution >= 0.6 is 0 Å². The Labute approximate surface area is 124 Å². The third-order valence-electron chi connectivity index (χ3n) is 3.93. The van der Waals surface area contributed by atoms with Gasteiger partial charge in [-0.1, -0.05) is 6.07 Å². The van der Waals surface area contributed by atoms with Crippen LogP contribution in [0.3, 0.4) is 0 Å². The average molecular weight is 279 g/mol. The number of nitrogens with two attached hydrogens (primary N) is 1. The number of nitrogens with zero attached hydrogens (tertiary/aromatic N) is 2. The van der Waals surface area contributed by atoms with Crippen molar-refractivity contribution in [3.8, 4) is 11.8 Å². The topological polar surface area (TPSA) is 62.3 Å². The van der Waals surface area contributed by atoms with Crippen molar-refractivity contribution in [3.05, 3.63) is 53.1 Å². The van der Waals surface area contributed by atoms with Crippen molar-refractivity contribution in [1.29, 1.82) is 5.26 Å². The van der Waals surface area contributed by atoms with E-state index in [4.69, 9.17) is 15.7 Å². The summed E-state index contributed by atoms with van der Waals surface area (Å²) in [5.74, 6) is 0.811. The second-order valence-corrected chi connectivity index (χ2v) is 5.15. The number of anilines is 2. The van der Waals surface area contributed by atoms with Crippen LogP contribution in [0.15, 0.2) is 36.4 Å². The first kappa shape index (κ1) is 13.3. The number of nitrogen functional groups attached to an aromatic ring is 1. The van der Waals surface area contributed by atoms with Gasteiger partial charge in [-0.15, -0.1) is 0 Å². The first-order chi connectivity index (χ1) is 10.2. The van der Waals surface area contributed by atoms with Gasteiger partial charge in [0.1, 0.15) is 5.75 Å². The van der Waals surface area contributed by atoms with Crippen LogP contribution in [0.25, 0.3) is 0 Å². The molecule has 0 saturated heterocycles. The van der Waals surface area contributed by atoms with Gasteiger partial charge < -0.3 is 15.4 Å². The lowest BCUT2D eigenvalue weighted by Crippen LogP contribution is -2.20. The predicted octanol–water partition coefficient (Wildman–Crippen LogP) is 2.71. The highest BCUT2D eigenvalue weighted by Gasteiger charge is 2.21. The quantitative estimate of drug-likeness (QED) is 0.877. The van der Waals surface area contributed by atoms with Gasteiger partial charge in [0.15, 0.2) is 0 Å². The fourth-order valence-corrected chi connectivity index (χ4v) is 2.87. The molecule has 0 spiro atoms. The van der Waals surface area contributed by atoms with E-state index in [-0.39, 0.29) is 0 Å². The molecule has 4 heteroatoms. The summed E-state index contributed by atoms with van der Waals surface area (Å²) < 4.78 is 5.41. The zero-order valence-electron chi connectivity index (χ0n) is 12.0. The fraction of sp³-hybridized carbons (Fsp3) is 0.235. The van der Waals surface area contributed by atoms with E-state index in [9.17, 15) is 0 Å². The minimum Gasteiger partial charge on any atom is -0.496 e. The van der Waals surface area contributed by atoms with Crippen LogP contribution in [0.5, 0.6) is 5.75 Å². The van der Waals surface area contributed by atoms with E-state index in [0.29, 0.717) is 5.56 Å². The zero-order valence-corrected chi connectivity index (χ0v) is 12.0. The third-order valence-corrected chi connectivity index (χ3v) is 3.93. The number of fused-ring (bicyclic) bond motifs is 1. The fourth-order valence-electron chi connectivity index (χ4n) is 2.87. The van der Waals surface area contributed by atoms with Crippen molar-refractivity contribution < 1.29 is 4.74 Å². The van der Waals surface area contributed by atoms with E-state index in [1.165, 1.54) is 11.3 Å². The molecule has 106 valence electrons. The van der Waals surface area contributed by atoms with Gasteiger partial charge in [0.2, 0.25) is 0 Å². The van der Waals surface area contributed by atoms with Gasteiger partial charge in [-0.05, 0) is 36.8 Å². The Morgan fingerprint density at radius 3 is 2.95 bits per heavy atom. The van der Waals surface area contributed by atoms with Crippen LogP contribution in [0.2, 0.25) is 0 Å². The van der Waals surface area contributed by atoms with E-state index in [1.807, 2.05) is 24.3 Å². The molecule has 0 amide bonds. The molecule has 4 nitrogen and oxygen atoms in total. The molecule has 1 aliphatic rings. The molecule has 3 rings (SSSR count). The van der Waals surface area contributed by atoms with Gasteiger partial charge in [0.25, 0.3) is 0 Å². The van der Waals surface area contributed by atoms with Crippen molar-refractivity contribution >= 4 is 11.4 Å². The van der Waals surface area contributed by atoms with Gasteiger partial charge in [0.05, 0.1) is 18.7 Å². The molecular formula is C17H17N3O. The van der Waals surface area contributed by atoms with Crippen molar-refractivity contribution in [2.45, 2.75) is 13.0 Å². The molecule has 0 atom stereocenters.